The van der Waals surface area contributed by atoms with Crippen molar-refractivity contribution in [2.75, 3.05) is 6.54 Å². The van der Waals surface area contributed by atoms with Crippen molar-refractivity contribution in [2.45, 2.75) is 19.8 Å². The van der Waals surface area contributed by atoms with E-state index in [1.54, 1.807) is 12.4 Å². The van der Waals surface area contributed by atoms with E-state index in [2.05, 4.69) is 46.2 Å². The van der Waals surface area contributed by atoms with E-state index in [1.165, 1.54) is 18.5 Å². The first-order valence-corrected chi connectivity index (χ1v) is 6.00. The largest absolute Gasteiger partial charge is 0.348 e. The van der Waals surface area contributed by atoms with Crippen LogP contribution < -0.4 is 0 Å². The Morgan fingerprint density at radius 2 is 2.00 bits per heavy atom. The van der Waals surface area contributed by atoms with Gasteiger partial charge in [0.05, 0.1) is 0 Å². The first-order chi connectivity index (χ1) is 8.40. The van der Waals surface area contributed by atoms with Crippen molar-refractivity contribution >= 4 is 12.4 Å². The summed E-state index contributed by atoms with van der Waals surface area (Å²) in [6, 6.07) is 0. The van der Waals surface area contributed by atoms with Crippen LogP contribution in [0, 0.1) is 0 Å². The minimum Gasteiger partial charge on any atom is -0.348 e. The maximum Gasteiger partial charge on any atom is 0.151 e. The van der Waals surface area contributed by atoms with Crippen molar-refractivity contribution in [1.82, 2.24) is 4.90 Å². The van der Waals surface area contributed by atoms with Gasteiger partial charge in [-0.1, -0.05) is 19.4 Å². The molecule has 0 saturated carbocycles. The number of aliphatic imine (C=N–C) groups is 2. The van der Waals surface area contributed by atoms with Crippen molar-refractivity contribution in [1.29, 1.82) is 0 Å². The molecule has 0 unspecified atom stereocenters. The van der Waals surface area contributed by atoms with Crippen LogP contribution in [0.1, 0.15) is 19.8 Å². The molecule has 2 rings (SSSR count). The molecule has 2 heterocycles. The Morgan fingerprint density at radius 3 is 2.76 bits per heavy atom. The zero-order chi connectivity index (χ0) is 11.9. The third kappa shape index (κ3) is 3.28. The maximum absolute atomic E-state index is 4.12. The highest BCUT2D eigenvalue weighted by atomic mass is 15.1. The molecule has 0 aliphatic carbocycles. The van der Waals surface area contributed by atoms with Crippen LogP contribution in [-0.4, -0.2) is 23.9 Å². The van der Waals surface area contributed by atoms with E-state index in [1.807, 2.05) is 12.2 Å². The second kappa shape index (κ2) is 5.99. The quantitative estimate of drug-likeness (QED) is 0.725. The summed E-state index contributed by atoms with van der Waals surface area (Å²) >= 11 is 0. The molecular weight excluding hydrogens is 210 g/mol. The van der Waals surface area contributed by atoms with Gasteiger partial charge in [0.25, 0.3) is 0 Å². The van der Waals surface area contributed by atoms with Crippen LogP contribution >= 0.6 is 0 Å². The molecule has 17 heavy (non-hydrogen) atoms. The van der Waals surface area contributed by atoms with Crippen molar-refractivity contribution in [3.8, 4) is 0 Å². The van der Waals surface area contributed by atoms with Crippen LogP contribution in [0.15, 0.2) is 58.1 Å². The first-order valence-electron chi connectivity index (χ1n) is 6.00. The fourth-order valence-corrected chi connectivity index (χ4v) is 1.67. The highest BCUT2D eigenvalue weighted by Gasteiger charge is 2.05. The third-order valence-corrected chi connectivity index (χ3v) is 2.61. The lowest BCUT2D eigenvalue weighted by Crippen LogP contribution is -2.18. The van der Waals surface area contributed by atoms with Gasteiger partial charge in [-0.3, -0.25) is 0 Å². The van der Waals surface area contributed by atoms with Gasteiger partial charge < -0.3 is 4.90 Å². The number of hydrogen-bond donors (Lipinski definition) is 0. The van der Waals surface area contributed by atoms with Crippen LogP contribution in [0.2, 0.25) is 0 Å². The Hall–Kier alpha value is -1.90. The van der Waals surface area contributed by atoms with Gasteiger partial charge in [0, 0.05) is 30.9 Å². The Labute approximate surface area is 102 Å². The minimum atomic E-state index is 0.760. The third-order valence-electron chi connectivity index (χ3n) is 2.61. The summed E-state index contributed by atoms with van der Waals surface area (Å²) in [5, 5.41) is 0. The number of rotatable bonds is 4. The molecule has 0 N–H and O–H groups in total. The fourth-order valence-electron chi connectivity index (χ4n) is 1.67. The molecule has 0 aromatic carbocycles. The Bertz CT molecular complexity index is 422. The topological polar surface area (TPSA) is 28.0 Å². The lowest BCUT2D eigenvalue weighted by Gasteiger charge is -2.23. The van der Waals surface area contributed by atoms with Crippen LogP contribution in [0.5, 0.6) is 0 Å². The molecule has 3 nitrogen and oxygen atoms in total. The number of nitrogens with zero attached hydrogens (tertiary/aromatic N) is 3. The van der Waals surface area contributed by atoms with E-state index in [0.717, 1.165) is 12.4 Å². The van der Waals surface area contributed by atoms with Gasteiger partial charge in [0.1, 0.15) is 0 Å². The van der Waals surface area contributed by atoms with E-state index in [9.17, 15) is 0 Å². The molecule has 0 aromatic heterocycles. The van der Waals surface area contributed by atoms with E-state index in [-0.39, 0.29) is 0 Å². The van der Waals surface area contributed by atoms with Gasteiger partial charge in [-0.05, 0) is 30.7 Å². The van der Waals surface area contributed by atoms with Crippen molar-refractivity contribution < 1.29 is 0 Å². The van der Waals surface area contributed by atoms with Gasteiger partial charge in [0.2, 0.25) is 0 Å². The summed E-state index contributed by atoms with van der Waals surface area (Å²) in [6.07, 6.45) is 18.1. The van der Waals surface area contributed by atoms with Crippen LogP contribution in [0.3, 0.4) is 0 Å². The smallest absolute Gasteiger partial charge is 0.151 e. The summed E-state index contributed by atoms with van der Waals surface area (Å²) in [6.45, 7) is 3.26. The van der Waals surface area contributed by atoms with E-state index < -0.39 is 0 Å². The predicted octanol–water partition coefficient (Wildman–Crippen LogP) is 3.05. The van der Waals surface area contributed by atoms with Gasteiger partial charge in [0.15, 0.2) is 5.82 Å². The monoisotopic (exact) mass is 227 g/mol. The van der Waals surface area contributed by atoms with Crippen molar-refractivity contribution in [3.63, 3.8) is 0 Å². The molecule has 88 valence electrons. The molecule has 0 aromatic rings. The van der Waals surface area contributed by atoms with Gasteiger partial charge in [-0.15, -0.1) is 0 Å². The zero-order valence-corrected chi connectivity index (χ0v) is 10.1. The molecule has 2 aliphatic heterocycles. The summed E-state index contributed by atoms with van der Waals surface area (Å²) in [4.78, 5) is 10.5. The standard InChI is InChI=1S/C14H17N3/c1-2-3-11-17-12-5-4-6-13(17)7-8-14-15-9-10-16-14/h4-10,12H,2-3,11H2,1H3. The molecule has 2 aliphatic rings. The molecular formula is C14H17N3. The summed E-state index contributed by atoms with van der Waals surface area (Å²) < 4.78 is 0. The Morgan fingerprint density at radius 1 is 1.18 bits per heavy atom. The van der Waals surface area contributed by atoms with E-state index in [4.69, 9.17) is 0 Å². The summed E-state index contributed by atoms with van der Waals surface area (Å²) in [5.41, 5.74) is 1.19. The van der Waals surface area contributed by atoms with Crippen LogP contribution in [0.4, 0.5) is 0 Å². The molecule has 0 fully saturated rings. The molecule has 0 atom stereocenters. The molecule has 0 bridgehead atoms. The lowest BCUT2D eigenvalue weighted by atomic mass is 10.2. The van der Waals surface area contributed by atoms with Crippen LogP contribution in [-0.2, 0) is 0 Å². The Kier molecular flexibility index (Phi) is 4.08. The minimum absolute atomic E-state index is 0.760. The highest BCUT2D eigenvalue weighted by Crippen LogP contribution is 2.14. The summed E-state index contributed by atoms with van der Waals surface area (Å²) in [5.74, 6) is 0.760. The SMILES string of the molecule is CCCCN1C=CC=CC1=CC=C1N=CC=N1. The molecule has 0 radical (unpaired) electrons. The second-order valence-corrected chi connectivity index (χ2v) is 3.92. The zero-order valence-electron chi connectivity index (χ0n) is 10.1. The lowest BCUT2D eigenvalue weighted by molar-refractivity contribution is 0.458. The molecule has 0 amide bonds. The molecule has 0 saturated heterocycles. The van der Waals surface area contributed by atoms with Gasteiger partial charge >= 0.3 is 0 Å². The first kappa shape index (κ1) is 11.6. The normalized spacial score (nSPS) is 19.7. The highest BCUT2D eigenvalue weighted by molar-refractivity contribution is 6.18. The van der Waals surface area contributed by atoms with Crippen molar-refractivity contribution in [3.05, 3.63) is 48.1 Å². The molecule has 3 heteroatoms. The van der Waals surface area contributed by atoms with Gasteiger partial charge in [-0.2, -0.15) is 0 Å². The average molecular weight is 227 g/mol. The number of hydrogen-bond acceptors (Lipinski definition) is 3. The predicted molar refractivity (Wildman–Crippen MR) is 73.0 cm³/mol. The van der Waals surface area contributed by atoms with E-state index >= 15 is 0 Å². The maximum atomic E-state index is 4.12. The fraction of sp³-hybridized carbons (Fsp3) is 0.286. The molecule has 0 spiro atoms. The number of unbranched alkanes of at least 4 members (excludes halogenated alkanes) is 1. The number of allylic oxidation sites excluding steroid dienone is 5. The van der Waals surface area contributed by atoms with E-state index in [0.29, 0.717) is 0 Å². The van der Waals surface area contributed by atoms with Crippen molar-refractivity contribution in [2.24, 2.45) is 9.98 Å². The average Bonchev–Trinajstić information content (AvgIpc) is 2.88. The summed E-state index contributed by atoms with van der Waals surface area (Å²) in [7, 11) is 0. The van der Waals surface area contributed by atoms with Gasteiger partial charge in [-0.25, -0.2) is 9.98 Å². The second-order valence-electron chi connectivity index (χ2n) is 3.92. The Balaban J connectivity index is 2.06. The van der Waals surface area contributed by atoms with Crippen LogP contribution in [0.25, 0.3) is 0 Å².